The van der Waals surface area contributed by atoms with Gasteiger partial charge in [0.15, 0.2) is 16.8 Å². The first kappa shape index (κ1) is 13.6. The van der Waals surface area contributed by atoms with Gasteiger partial charge in [0.2, 0.25) is 0 Å². The quantitative estimate of drug-likeness (QED) is 0.910. The number of thiazole rings is 1. The van der Waals surface area contributed by atoms with Crippen molar-refractivity contribution in [1.29, 1.82) is 0 Å². The summed E-state index contributed by atoms with van der Waals surface area (Å²) in [7, 11) is 0. The first-order chi connectivity index (χ1) is 8.97. The first-order valence-corrected chi connectivity index (χ1v) is 6.32. The molecule has 0 aliphatic rings. The van der Waals surface area contributed by atoms with Crippen molar-refractivity contribution in [3.63, 3.8) is 0 Å². The topological polar surface area (TPSA) is 68.0 Å². The molecule has 0 bridgehead atoms. The zero-order valence-electron chi connectivity index (χ0n) is 9.98. The third-order valence-corrected chi connectivity index (χ3v) is 3.17. The van der Waals surface area contributed by atoms with E-state index in [-0.39, 0.29) is 11.6 Å². The van der Waals surface area contributed by atoms with Crippen LogP contribution in [0.15, 0.2) is 23.6 Å². The Morgan fingerprint density at radius 2 is 2.16 bits per heavy atom. The highest BCUT2D eigenvalue weighted by atomic mass is 32.1. The number of hydrogen-bond donors (Lipinski definition) is 2. The molecule has 4 nitrogen and oxygen atoms in total. The SMILES string of the molecule is CC(N)c1csc(NC(=O)c2ccc(F)c(F)c2)n1. The molecule has 0 spiro atoms. The first-order valence-electron chi connectivity index (χ1n) is 5.45. The summed E-state index contributed by atoms with van der Waals surface area (Å²) in [6, 6.07) is 2.71. The molecule has 7 heteroatoms. The van der Waals surface area contributed by atoms with Gasteiger partial charge in [-0.25, -0.2) is 13.8 Å². The lowest BCUT2D eigenvalue weighted by Gasteiger charge is -2.02. The van der Waals surface area contributed by atoms with Gasteiger partial charge in [-0.2, -0.15) is 0 Å². The van der Waals surface area contributed by atoms with Gasteiger partial charge < -0.3 is 5.73 Å². The van der Waals surface area contributed by atoms with Crippen molar-refractivity contribution in [3.8, 4) is 0 Å². The third kappa shape index (κ3) is 3.12. The van der Waals surface area contributed by atoms with E-state index in [1.807, 2.05) is 0 Å². The third-order valence-electron chi connectivity index (χ3n) is 2.39. The molecule has 0 radical (unpaired) electrons. The van der Waals surface area contributed by atoms with Crippen LogP contribution in [-0.4, -0.2) is 10.9 Å². The second-order valence-corrected chi connectivity index (χ2v) is 4.81. The van der Waals surface area contributed by atoms with Crippen LogP contribution in [0.3, 0.4) is 0 Å². The predicted octanol–water partition coefficient (Wildman–Crippen LogP) is 2.69. The van der Waals surface area contributed by atoms with Gasteiger partial charge >= 0.3 is 0 Å². The van der Waals surface area contributed by atoms with Crippen LogP contribution in [0.2, 0.25) is 0 Å². The van der Waals surface area contributed by atoms with Crippen LogP contribution in [0.5, 0.6) is 0 Å². The molecule has 0 saturated carbocycles. The number of nitrogens with two attached hydrogens (primary N) is 1. The Morgan fingerprint density at radius 3 is 2.74 bits per heavy atom. The fourth-order valence-electron chi connectivity index (χ4n) is 1.36. The van der Waals surface area contributed by atoms with Gasteiger partial charge in [0, 0.05) is 17.0 Å². The standard InChI is InChI=1S/C12H11F2N3OS/c1-6(15)10-5-19-12(16-10)17-11(18)7-2-3-8(13)9(14)4-7/h2-6H,15H2,1H3,(H,16,17,18). The number of anilines is 1. The maximum Gasteiger partial charge on any atom is 0.257 e. The molecular formula is C12H11F2N3OS. The Balaban J connectivity index is 2.13. The van der Waals surface area contributed by atoms with Crippen molar-refractivity contribution in [2.75, 3.05) is 5.32 Å². The normalized spacial score (nSPS) is 12.2. The average molecular weight is 283 g/mol. The van der Waals surface area contributed by atoms with Crippen LogP contribution in [0, 0.1) is 11.6 Å². The van der Waals surface area contributed by atoms with E-state index >= 15 is 0 Å². The van der Waals surface area contributed by atoms with E-state index in [0.717, 1.165) is 12.1 Å². The number of benzene rings is 1. The molecule has 1 atom stereocenters. The van der Waals surface area contributed by atoms with Crippen LogP contribution >= 0.6 is 11.3 Å². The zero-order valence-corrected chi connectivity index (χ0v) is 10.8. The minimum absolute atomic E-state index is 0.0245. The Bertz CT molecular complexity index is 613. The largest absolute Gasteiger partial charge is 0.323 e. The molecule has 19 heavy (non-hydrogen) atoms. The van der Waals surface area contributed by atoms with E-state index in [0.29, 0.717) is 10.8 Å². The lowest BCUT2D eigenvalue weighted by molar-refractivity contribution is 0.102. The Kier molecular flexibility index (Phi) is 3.87. The number of rotatable bonds is 3. The van der Waals surface area contributed by atoms with Crippen LogP contribution in [0.1, 0.15) is 29.0 Å². The van der Waals surface area contributed by atoms with Crippen molar-refractivity contribution in [1.82, 2.24) is 4.98 Å². The lowest BCUT2D eigenvalue weighted by Crippen LogP contribution is -2.13. The highest BCUT2D eigenvalue weighted by molar-refractivity contribution is 7.14. The van der Waals surface area contributed by atoms with Crippen molar-refractivity contribution < 1.29 is 13.6 Å². The second kappa shape index (κ2) is 5.41. The van der Waals surface area contributed by atoms with Gasteiger partial charge in [0.25, 0.3) is 5.91 Å². The fourth-order valence-corrected chi connectivity index (χ4v) is 2.17. The Morgan fingerprint density at radius 1 is 1.42 bits per heavy atom. The zero-order chi connectivity index (χ0) is 14.0. The molecule has 0 fully saturated rings. The van der Waals surface area contributed by atoms with Crippen molar-refractivity contribution in [2.24, 2.45) is 5.73 Å². The Labute approximate surface area is 112 Å². The minimum Gasteiger partial charge on any atom is -0.323 e. The molecule has 3 N–H and O–H groups in total. The summed E-state index contributed by atoms with van der Waals surface area (Å²) in [4.78, 5) is 15.9. The summed E-state index contributed by atoms with van der Waals surface area (Å²) in [5.74, 6) is -2.61. The molecule has 2 aromatic rings. The maximum absolute atomic E-state index is 13.0. The van der Waals surface area contributed by atoms with Crippen molar-refractivity contribution in [2.45, 2.75) is 13.0 Å². The monoisotopic (exact) mass is 283 g/mol. The lowest BCUT2D eigenvalue weighted by atomic mass is 10.2. The van der Waals surface area contributed by atoms with E-state index in [9.17, 15) is 13.6 Å². The predicted molar refractivity (Wildman–Crippen MR) is 69.0 cm³/mol. The molecule has 0 saturated heterocycles. The summed E-state index contributed by atoms with van der Waals surface area (Å²) in [5, 5.41) is 4.59. The summed E-state index contributed by atoms with van der Waals surface area (Å²) in [6.07, 6.45) is 0. The summed E-state index contributed by atoms with van der Waals surface area (Å²) < 4.78 is 25.8. The highest BCUT2D eigenvalue weighted by Gasteiger charge is 2.12. The number of carbonyl (C=O) groups is 1. The number of carbonyl (C=O) groups excluding carboxylic acids is 1. The molecule has 0 aliphatic carbocycles. The van der Waals surface area contributed by atoms with E-state index in [1.54, 1.807) is 12.3 Å². The smallest absolute Gasteiger partial charge is 0.257 e. The summed E-state index contributed by atoms with van der Waals surface area (Å²) in [6.45, 7) is 1.77. The number of halogens is 2. The van der Waals surface area contributed by atoms with E-state index in [4.69, 9.17) is 5.73 Å². The molecule has 0 aliphatic heterocycles. The van der Waals surface area contributed by atoms with Gasteiger partial charge in [-0.3, -0.25) is 10.1 Å². The second-order valence-electron chi connectivity index (χ2n) is 3.95. The van der Waals surface area contributed by atoms with Gasteiger partial charge in [-0.1, -0.05) is 0 Å². The molecule has 1 aromatic heterocycles. The molecule has 2 rings (SSSR count). The minimum atomic E-state index is -1.07. The molecule has 1 aromatic carbocycles. The number of nitrogens with one attached hydrogen (secondary N) is 1. The number of nitrogens with zero attached hydrogens (tertiary/aromatic N) is 1. The van der Waals surface area contributed by atoms with Crippen molar-refractivity contribution in [3.05, 3.63) is 46.5 Å². The van der Waals surface area contributed by atoms with Gasteiger partial charge in [-0.15, -0.1) is 11.3 Å². The van der Waals surface area contributed by atoms with Gasteiger partial charge in [-0.05, 0) is 25.1 Å². The fraction of sp³-hybridized carbons (Fsp3) is 0.167. The number of amides is 1. The Hall–Kier alpha value is -1.86. The molecule has 100 valence electrons. The van der Waals surface area contributed by atoms with Crippen LogP contribution in [0.25, 0.3) is 0 Å². The van der Waals surface area contributed by atoms with Gasteiger partial charge in [0.05, 0.1) is 5.69 Å². The number of aromatic nitrogens is 1. The maximum atomic E-state index is 13.0. The number of hydrogen-bond acceptors (Lipinski definition) is 4. The van der Waals surface area contributed by atoms with E-state index in [1.165, 1.54) is 17.4 Å². The van der Waals surface area contributed by atoms with Gasteiger partial charge in [0.1, 0.15) is 0 Å². The van der Waals surface area contributed by atoms with Crippen LogP contribution in [0.4, 0.5) is 13.9 Å². The van der Waals surface area contributed by atoms with Crippen LogP contribution < -0.4 is 11.1 Å². The molecule has 1 unspecified atom stereocenters. The summed E-state index contributed by atoms with van der Waals surface area (Å²) >= 11 is 1.22. The molecule has 1 amide bonds. The van der Waals surface area contributed by atoms with Crippen molar-refractivity contribution >= 4 is 22.4 Å². The molecular weight excluding hydrogens is 272 g/mol. The highest BCUT2D eigenvalue weighted by Crippen LogP contribution is 2.20. The van der Waals surface area contributed by atoms with Crippen LogP contribution in [-0.2, 0) is 0 Å². The van der Waals surface area contributed by atoms with E-state index < -0.39 is 17.5 Å². The summed E-state index contributed by atoms with van der Waals surface area (Å²) in [5.41, 5.74) is 6.33. The van der Waals surface area contributed by atoms with E-state index in [2.05, 4.69) is 10.3 Å². The molecule has 1 heterocycles. The average Bonchev–Trinajstić information content (AvgIpc) is 2.81.